The van der Waals surface area contributed by atoms with Crippen LogP contribution in [0.5, 0.6) is 0 Å². The number of rotatable bonds is 7. The Morgan fingerprint density at radius 2 is 2.05 bits per heavy atom. The number of aliphatic hydroxyl groups is 1. The molecule has 1 aromatic heterocycles. The van der Waals surface area contributed by atoms with Gasteiger partial charge in [0.25, 0.3) is 0 Å². The molecule has 3 N–H and O–H groups in total. The lowest BCUT2D eigenvalue weighted by atomic mass is 9.98. The van der Waals surface area contributed by atoms with E-state index in [4.69, 9.17) is 0 Å². The summed E-state index contributed by atoms with van der Waals surface area (Å²) >= 11 is 0. The molecule has 0 unspecified atom stereocenters. The summed E-state index contributed by atoms with van der Waals surface area (Å²) in [6, 6.07) is 1.72. The molecule has 0 saturated heterocycles. The summed E-state index contributed by atoms with van der Waals surface area (Å²) in [7, 11) is 0. The van der Waals surface area contributed by atoms with Crippen LogP contribution in [0.4, 0.5) is 4.79 Å². The van der Waals surface area contributed by atoms with Gasteiger partial charge < -0.3 is 15.7 Å². The molecule has 5 nitrogen and oxygen atoms in total. The number of hydrogen-bond acceptors (Lipinski definition) is 3. The molecule has 0 aliphatic carbocycles. The Bertz CT molecular complexity index is 431. The summed E-state index contributed by atoms with van der Waals surface area (Å²) < 4.78 is 0. The van der Waals surface area contributed by atoms with E-state index >= 15 is 0 Å². The zero-order chi connectivity index (χ0) is 15.0. The number of carbonyl (C=O) groups is 1. The van der Waals surface area contributed by atoms with Crippen LogP contribution in [0.25, 0.3) is 0 Å². The van der Waals surface area contributed by atoms with Crippen LogP contribution >= 0.6 is 0 Å². The van der Waals surface area contributed by atoms with E-state index in [0.717, 1.165) is 12.0 Å². The third-order valence-electron chi connectivity index (χ3n) is 3.71. The molecule has 0 atom stereocenters. The lowest BCUT2D eigenvalue weighted by Crippen LogP contribution is -2.46. The van der Waals surface area contributed by atoms with Crippen LogP contribution in [0.3, 0.4) is 0 Å². The molecule has 0 fully saturated rings. The summed E-state index contributed by atoms with van der Waals surface area (Å²) in [6.45, 7) is 6.67. The first kappa shape index (κ1) is 16.4. The summed E-state index contributed by atoms with van der Waals surface area (Å²) in [5.74, 6) is 0. The van der Waals surface area contributed by atoms with Gasteiger partial charge in [-0.3, -0.25) is 4.98 Å². The summed E-state index contributed by atoms with van der Waals surface area (Å²) in [4.78, 5) is 15.7. The molecule has 2 amide bonds. The van der Waals surface area contributed by atoms with Crippen molar-refractivity contribution >= 4 is 6.03 Å². The predicted molar refractivity (Wildman–Crippen MR) is 79.6 cm³/mol. The smallest absolute Gasteiger partial charge is 0.314 e. The van der Waals surface area contributed by atoms with Crippen LogP contribution in [-0.2, 0) is 6.42 Å². The van der Waals surface area contributed by atoms with Crippen LogP contribution in [-0.4, -0.2) is 34.8 Å². The molecule has 1 rings (SSSR count). The molecular formula is C15H25N3O2. The second-order valence-electron chi connectivity index (χ2n) is 5.09. The highest BCUT2D eigenvalue weighted by molar-refractivity contribution is 5.73. The lowest BCUT2D eigenvalue weighted by molar-refractivity contribution is 0.0349. The topological polar surface area (TPSA) is 74.2 Å². The van der Waals surface area contributed by atoms with Gasteiger partial charge in [0.1, 0.15) is 0 Å². The zero-order valence-electron chi connectivity index (χ0n) is 12.6. The normalized spacial score (nSPS) is 11.2. The van der Waals surface area contributed by atoms with E-state index in [1.807, 2.05) is 33.0 Å². The van der Waals surface area contributed by atoms with Gasteiger partial charge in [-0.25, -0.2) is 4.79 Å². The van der Waals surface area contributed by atoms with E-state index in [1.165, 1.54) is 5.56 Å². The Balaban J connectivity index is 2.29. The summed E-state index contributed by atoms with van der Waals surface area (Å²) in [6.07, 6.45) is 5.59. The van der Waals surface area contributed by atoms with E-state index in [2.05, 4.69) is 15.6 Å². The van der Waals surface area contributed by atoms with Crippen LogP contribution in [0.1, 0.15) is 37.8 Å². The molecule has 20 heavy (non-hydrogen) atoms. The summed E-state index contributed by atoms with van der Waals surface area (Å²) in [5, 5.41) is 15.6. The lowest BCUT2D eigenvalue weighted by Gasteiger charge is -2.25. The van der Waals surface area contributed by atoms with Crippen molar-refractivity contribution in [3.63, 3.8) is 0 Å². The van der Waals surface area contributed by atoms with Gasteiger partial charge >= 0.3 is 6.03 Å². The van der Waals surface area contributed by atoms with Crippen LogP contribution < -0.4 is 10.6 Å². The van der Waals surface area contributed by atoms with E-state index < -0.39 is 5.60 Å². The van der Waals surface area contributed by atoms with E-state index in [-0.39, 0.29) is 12.6 Å². The highest BCUT2D eigenvalue weighted by atomic mass is 16.3. The molecule has 5 heteroatoms. The molecule has 0 aliphatic rings. The Morgan fingerprint density at radius 3 is 2.65 bits per heavy atom. The fourth-order valence-electron chi connectivity index (χ4n) is 1.90. The standard InChI is InChI=1S/C15H25N3O2/c1-4-15(20,5-2)11-18-14(19)17-9-7-13-6-8-16-10-12(13)3/h6,8,10,20H,4-5,7,9,11H2,1-3H3,(H2,17,18,19). The predicted octanol–water partition coefficient (Wildman–Crippen LogP) is 1.78. The third kappa shape index (κ3) is 5.17. The van der Waals surface area contributed by atoms with Crippen molar-refractivity contribution in [2.24, 2.45) is 0 Å². The number of nitrogens with zero attached hydrogens (tertiary/aromatic N) is 1. The number of urea groups is 1. The number of amides is 2. The van der Waals surface area contributed by atoms with E-state index in [9.17, 15) is 9.90 Å². The van der Waals surface area contributed by atoms with E-state index in [0.29, 0.717) is 19.4 Å². The van der Waals surface area contributed by atoms with Crippen molar-refractivity contribution in [1.29, 1.82) is 0 Å². The summed E-state index contributed by atoms with van der Waals surface area (Å²) in [5.41, 5.74) is 1.50. The van der Waals surface area contributed by atoms with E-state index in [1.54, 1.807) is 6.20 Å². The maximum Gasteiger partial charge on any atom is 0.314 e. The molecule has 112 valence electrons. The van der Waals surface area contributed by atoms with Gasteiger partial charge in [-0.15, -0.1) is 0 Å². The Kier molecular flexibility index (Phi) is 6.45. The van der Waals surface area contributed by atoms with Crippen LogP contribution in [0.15, 0.2) is 18.5 Å². The number of pyridine rings is 1. The molecule has 0 aromatic carbocycles. The minimum atomic E-state index is -0.807. The number of aromatic nitrogens is 1. The Hall–Kier alpha value is -1.62. The first-order valence-corrected chi connectivity index (χ1v) is 7.14. The monoisotopic (exact) mass is 279 g/mol. The van der Waals surface area contributed by atoms with Gasteiger partial charge in [0.15, 0.2) is 0 Å². The van der Waals surface area contributed by atoms with Crippen molar-refractivity contribution in [1.82, 2.24) is 15.6 Å². The van der Waals surface area contributed by atoms with Gasteiger partial charge in [0.2, 0.25) is 0 Å². The fourth-order valence-corrected chi connectivity index (χ4v) is 1.90. The van der Waals surface area contributed by atoms with Gasteiger partial charge in [-0.2, -0.15) is 0 Å². The molecule has 1 aromatic rings. The average Bonchev–Trinajstić information content (AvgIpc) is 2.47. The van der Waals surface area contributed by atoms with Crippen molar-refractivity contribution < 1.29 is 9.90 Å². The van der Waals surface area contributed by atoms with Gasteiger partial charge in [0.05, 0.1) is 5.60 Å². The molecule has 0 aliphatic heterocycles. The fraction of sp³-hybridized carbons (Fsp3) is 0.600. The second-order valence-corrected chi connectivity index (χ2v) is 5.09. The maximum atomic E-state index is 11.7. The minimum Gasteiger partial charge on any atom is -0.388 e. The molecule has 0 radical (unpaired) electrons. The van der Waals surface area contributed by atoms with Gasteiger partial charge in [-0.1, -0.05) is 13.8 Å². The average molecular weight is 279 g/mol. The largest absolute Gasteiger partial charge is 0.388 e. The molecule has 1 heterocycles. The van der Waals surface area contributed by atoms with Crippen molar-refractivity contribution in [3.05, 3.63) is 29.6 Å². The first-order chi connectivity index (χ1) is 9.50. The zero-order valence-corrected chi connectivity index (χ0v) is 12.6. The van der Waals surface area contributed by atoms with Gasteiger partial charge in [-0.05, 0) is 43.4 Å². The van der Waals surface area contributed by atoms with Crippen molar-refractivity contribution in [2.75, 3.05) is 13.1 Å². The van der Waals surface area contributed by atoms with Crippen molar-refractivity contribution in [3.8, 4) is 0 Å². The highest BCUT2D eigenvalue weighted by Gasteiger charge is 2.22. The highest BCUT2D eigenvalue weighted by Crippen LogP contribution is 2.12. The minimum absolute atomic E-state index is 0.239. The number of carbonyl (C=O) groups excluding carboxylic acids is 1. The first-order valence-electron chi connectivity index (χ1n) is 7.14. The maximum absolute atomic E-state index is 11.7. The Labute approximate surface area is 120 Å². The van der Waals surface area contributed by atoms with Crippen LogP contribution in [0, 0.1) is 6.92 Å². The SMILES string of the molecule is CCC(O)(CC)CNC(=O)NCCc1ccncc1C. The number of aryl methyl sites for hydroxylation is 1. The quantitative estimate of drug-likeness (QED) is 0.712. The molecule has 0 spiro atoms. The molecule has 0 bridgehead atoms. The Morgan fingerprint density at radius 1 is 1.35 bits per heavy atom. The molecule has 0 saturated carbocycles. The van der Waals surface area contributed by atoms with Gasteiger partial charge in [0, 0.05) is 25.5 Å². The second kappa shape index (κ2) is 7.85. The van der Waals surface area contributed by atoms with Crippen molar-refractivity contribution in [2.45, 2.75) is 45.6 Å². The molecular weight excluding hydrogens is 254 g/mol. The third-order valence-corrected chi connectivity index (χ3v) is 3.71. The number of hydrogen-bond donors (Lipinski definition) is 3. The van der Waals surface area contributed by atoms with Crippen LogP contribution in [0.2, 0.25) is 0 Å². The number of nitrogens with one attached hydrogen (secondary N) is 2.